The summed E-state index contributed by atoms with van der Waals surface area (Å²) in [7, 11) is 0. The van der Waals surface area contributed by atoms with Crippen molar-refractivity contribution in [2.24, 2.45) is 0 Å². The summed E-state index contributed by atoms with van der Waals surface area (Å²) in [6.07, 6.45) is 0. The molecule has 1 aromatic rings. The molecule has 2 N–H and O–H groups in total. The minimum absolute atomic E-state index is 0.00858. The Morgan fingerprint density at radius 1 is 1.24 bits per heavy atom. The van der Waals surface area contributed by atoms with Crippen molar-refractivity contribution in [2.45, 2.75) is 11.8 Å². The normalized spacial score (nSPS) is 9.82. The van der Waals surface area contributed by atoms with Gasteiger partial charge in [-0.15, -0.1) is 11.8 Å². The molecule has 1 aromatic carbocycles. The Bertz CT molecular complexity index is 440. The van der Waals surface area contributed by atoms with E-state index < -0.39 is 23.4 Å². The number of hydrazine groups is 1. The van der Waals surface area contributed by atoms with Gasteiger partial charge in [0.15, 0.2) is 11.6 Å². The highest BCUT2D eigenvalue weighted by Crippen LogP contribution is 2.19. The molecule has 0 radical (unpaired) electrons. The second-order valence-electron chi connectivity index (χ2n) is 3.09. The third-order valence-electron chi connectivity index (χ3n) is 1.64. The summed E-state index contributed by atoms with van der Waals surface area (Å²) in [5, 5.41) is 0. The number of halogens is 2. The van der Waals surface area contributed by atoms with Gasteiger partial charge in [0, 0.05) is 11.8 Å². The molecular weight excluding hydrogens is 250 g/mol. The second-order valence-corrected chi connectivity index (χ2v) is 4.14. The fourth-order valence-electron chi connectivity index (χ4n) is 0.909. The van der Waals surface area contributed by atoms with E-state index in [0.29, 0.717) is 4.90 Å². The molecule has 0 aromatic heterocycles. The molecule has 0 bridgehead atoms. The molecule has 0 aliphatic carbocycles. The standard InChI is InChI=1S/C10H10F2N2O2S/c1-6(15)13-14-10(16)5-17-7-2-3-8(11)9(12)4-7/h2-4H,5H2,1H3,(H,13,15)(H,14,16). The van der Waals surface area contributed by atoms with E-state index in [1.165, 1.54) is 13.0 Å². The molecule has 0 fully saturated rings. The number of rotatable bonds is 3. The van der Waals surface area contributed by atoms with Crippen molar-refractivity contribution in [3.05, 3.63) is 29.8 Å². The van der Waals surface area contributed by atoms with Crippen LogP contribution in [0.2, 0.25) is 0 Å². The number of hydrogen-bond donors (Lipinski definition) is 2. The maximum absolute atomic E-state index is 12.8. The summed E-state index contributed by atoms with van der Waals surface area (Å²) in [4.78, 5) is 22.1. The third kappa shape index (κ3) is 4.81. The van der Waals surface area contributed by atoms with Crippen LogP contribution in [0.1, 0.15) is 6.92 Å². The smallest absolute Gasteiger partial charge is 0.248 e. The Balaban J connectivity index is 2.42. The molecule has 0 aliphatic heterocycles. The van der Waals surface area contributed by atoms with Gasteiger partial charge >= 0.3 is 0 Å². The van der Waals surface area contributed by atoms with Crippen molar-refractivity contribution >= 4 is 23.6 Å². The van der Waals surface area contributed by atoms with Gasteiger partial charge in [-0.1, -0.05) is 0 Å². The van der Waals surface area contributed by atoms with Gasteiger partial charge in [-0.05, 0) is 18.2 Å². The zero-order chi connectivity index (χ0) is 12.8. The lowest BCUT2D eigenvalue weighted by Gasteiger charge is -2.05. The van der Waals surface area contributed by atoms with Gasteiger partial charge in [0.2, 0.25) is 11.8 Å². The minimum atomic E-state index is -0.961. The molecule has 0 saturated carbocycles. The number of hydrogen-bond acceptors (Lipinski definition) is 3. The maximum Gasteiger partial charge on any atom is 0.248 e. The molecule has 2 amide bonds. The van der Waals surface area contributed by atoms with E-state index in [9.17, 15) is 18.4 Å². The molecule has 0 saturated heterocycles. The summed E-state index contributed by atoms with van der Waals surface area (Å²) in [5.41, 5.74) is 4.27. The lowest BCUT2D eigenvalue weighted by molar-refractivity contribution is -0.126. The third-order valence-corrected chi connectivity index (χ3v) is 2.63. The molecule has 1 rings (SSSR count). The molecule has 0 atom stereocenters. The van der Waals surface area contributed by atoms with Gasteiger partial charge in [-0.3, -0.25) is 20.4 Å². The van der Waals surface area contributed by atoms with Crippen molar-refractivity contribution in [3.8, 4) is 0 Å². The first-order valence-electron chi connectivity index (χ1n) is 4.62. The molecule has 0 unspecified atom stereocenters. The van der Waals surface area contributed by atoms with E-state index in [1.807, 2.05) is 0 Å². The molecule has 0 heterocycles. The van der Waals surface area contributed by atoms with Crippen LogP contribution >= 0.6 is 11.8 Å². The maximum atomic E-state index is 12.8. The van der Waals surface area contributed by atoms with Crippen LogP contribution in [0.4, 0.5) is 8.78 Å². The van der Waals surface area contributed by atoms with Gasteiger partial charge in [-0.2, -0.15) is 0 Å². The molecule has 4 nitrogen and oxygen atoms in total. The summed E-state index contributed by atoms with van der Waals surface area (Å²) >= 11 is 1.03. The van der Waals surface area contributed by atoms with Crippen molar-refractivity contribution in [2.75, 3.05) is 5.75 Å². The number of carbonyl (C=O) groups is 2. The predicted molar refractivity (Wildman–Crippen MR) is 59.0 cm³/mol. The van der Waals surface area contributed by atoms with Crippen LogP contribution in [0.3, 0.4) is 0 Å². The first-order valence-corrected chi connectivity index (χ1v) is 5.61. The van der Waals surface area contributed by atoms with E-state index in [2.05, 4.69) is 10.9 Å². The highest BCUT2D eigenvalue weighted by Gasteiger charge is 2.06. The highest BCUT2D eigenvalue weighted by atomic mass is 32.2. The van der Waals surface area contributed by atoms with Crippen LogP contribution in [-0.4, -0.2) is 17.6 Å². The summed E-state index contributed by atoms with van der Waals surface area (Å²) in [5.74, 6) is -2.73. The van der Waals surface area contributed by atoms with E-state index in [0.717, 1.165) is 23.9 Å². The van der Waals surface area contributed by atoms with Crippen LogP contribution < -0.4 is 10.9 Å². The fraction of sp³-hybridized carbons (Fsp3) is 0.200. The molecule has 0 aliphatic rings. The minimum Gasteiger partial charge on any atom is -0.274 e. The number of thioether (sulfide) groups is 1. The number of nitrogens with one attached hydrogen (secondary N) is 2. The lowest BCUT2D eigenvalue weighted by atomic mass is 10.3. The van der Waals surface area contributed by atoms with Crippen LogP contribution in [0.25, 0.3) is 0 Å². The fourth-order valence-corrected chi connectivity index (χ4v) is 1.63. The number of carbonyl (C=O) groups excluding carboxylic acids is 2. The monoisotopic (exact) mass is 260 g/mol. The van der Waals surface area contributed by atoms with Crippen molar-refractivity contribution < 1.29 is 18.4 Å². The molecular formula is C10H10F2N2O2S. The van der Waals surface area contributed by atoms with E-state index in [4.69, 9.17) is 0 Å². The summed E-state index contributed by atoms with van der Waals surface area (Å²) in [6.45, 7) is 1.25. The molecule has 92 valence electrons. The highest BCUT2D eigenvalue weighted by molar-refractivity contribution is 8.00. The zero-order valence-corrected chi connectivity index (χ0v) is 9.74. The Kier molecular flexibility index (Phi) is 4.89. The second kappa shape index (κ2) is 6.19. The Labute approximate surface area is 101 Å². The first-order chi connectivity index (χ1) is 7.99. The lowest BCUT2D eigenvalue weighted by Crippen LogP contribution is -2.41. The van der Waals surface area contributed by atoms with Crippen molar-refractivity contribution in [1.82, 2.24) is 10.9 Å². The topological polar surface area (TPSA) is 58.2 Å². The number of amides is 2. The largest absolute Gasteiger partial charge is 0.274 e. The van der Waals surface area contributed by atoms with Gasteiger partial charge in [0.1, 0.15) is 0 Å². The summed E-state index contributed by atoms with van der Waals surface area (Å²) in [6, 6.07) is 3.36. The summed E-state index contributed by atoms with van der Waals surface area (Å²) < 4.78 is 25.4. The average molecular weight is 260 g/mol. The van der Waals surface area contributed by atoms with Crippen LogP contribution in [0.15, 0.2) is 23.1 Å². The van der Waals surface area contributed by atoms with Crippen LogP contribution in [0.5, 0.6) is 0 Å². The van der Waals surface area contributed by atoms with E-state index in [1.54, 1.807) is 0 Å². The van der Waals surface area contributed by atoms with E-state index >= 15 is 0 Å². The Morgan fingerprint density at radius 2 is 1.94 bits per heavy atom. The molecule has 0 spiro atoms. The quantitative estimate of drug-likeness (QED) is 0.634. The first kappa shape index (κ1) is 13.4. The zero-order valence-electron chi connectivity index (χ0n) is 8.92. The van der Waals surface area contributed by atoms with Gasteiger partial charge < -0.3 is 0 Å². The SMILES string of the molecule is CC(=O)NNC(=O)CSc1ccc(F)c(F)c1. The van der Waals surface area contributed by atoms with Crippen molar-refractivity contribution in [1.29, 1.82) is 0 Å². The Morgan fingerprint density at radius 3 is 2.53 bits per heavy atom. The Hall–Kier alpha value is -1.63. The van der Waals surface area contributed by atoms with Gasteiger partial charge in [0.05, 0.1) is 5.75 Å². The molecule has 17 heavy (non-hydrogen) atoms. The van der Waals surface area contributed by atoms with Crippen LogP contribution in [0, 0.1) is 11.6 Å². The van der Waals surface area contributed by atoms with Gasteiger partial charge in [0.25, 0.3) is 0 Å². The van der Waals surface area contributed by atoms with E-state index in [-0.39, 0.29) is 5.75 Å². The molecule has 7 heteroatoms. The average Bonchev–Trinajstić information content (AvgIpc) is 2.28. The van der Waals surface area contributed by atoms with Gasteiger partial charge in [-0.25, -0.2) is 8.78 Å². The van der Waals surface area contributed by atoms with Crippen LogP contribution in [-0.2, 0) is 9.59 Å². The van der Waals surface area contributed by atoms with Crippen molar-refractivity contribution in [3.63, 3.8) is 0 Å². The predicted octanol–water partition coefficient (Wildman–Crippen LogP) is 1.22. The number of benzene rings is 1.